The molecule has 0 spiro atoms. The van der Waals surface area contributed by atoms with Crippen LogP contribution < -0.4 is 0 Å². The van der Waals surface area contributed by atoms with Crippen LogP contribution in [0.5, 0.6) is 0 Å². The van der Waals surface area contributed by atoms with Gasteiger partial charge in [-0.25, -0.2) is 17.1 Å². The van der Waals surface area contributed by atoms with E-state index in [2.05, 4.69) is 0 Å². The molecule has 96 valence electrons. The van der Waals surface area contributed by atoms with Crippen LogP contribution in [-0.4, -0.2) is 37.6 Å². The summed E-state index contributed by atoms with van der Waals surface area (Å²) in [6, 6.07) is 5.80. The zero-order chi connectivity index (χ0) is 13.3. The topological polar surface area (TPSA) is 71.5 Å². The summed E-state index contributed by atoms with van der Waals surface area (Å²) in [6.07, 6.45) is -2.01. The van der Waals surface area contributed by atoms with Crippen LogP contribution in [0.1, 0.15) is 16.8 Å². The van der Waals surface area contributed by atoms with Gasteiger partial charge in [-0.1, -0.05) is 12.1 Å². The van der Waals surface area contributed by atoms with Crippen molar-refractivity contribution in [2.45, 2.75) is 17.5 Å². The number of carbonyl (C=O) groups is 2. The SMILES string of the molecule is O=CC(F)CCN1C(=O)c2ccccc2S1(=O)=O. The minimum atomic E-state index is -3.90. The highest BCUT2D eigenvalue weighted by Gasteiger charge is 2.40. The van der Waals surface area contributed by atoms with Crippen molar-refractivity contribution in [1.82, 2.24) is 4.31 Å². The summed E-state index contributed by atoms with van der Waals surface area (Å²) in [6.45, 7) is -0.338. The first-order valence-corrected chi connectivity index (χ1v) is 6.68. The van der Waals surface area contributed by atoms with Gasteiger partial charge in [-0.3, -0.25) is 4.79 Å². The number of carbonyl (C=O) groups excluding carboxylic acids is 2. The zero-order valence-corrected chi connectivity index (χ0v) is 10.1. The summed E-state index contributed by atoms with van der Waals surface area (Å²) in [5.74, 6) is -0.677. The van der Waals surface area contributed by atoms with E-state index in [-0.39, 0.29) is 29.7 Å². The second-order valence-electron chi connectivity index (χ2n) is 3.82. The van der Waals surface area contributed by atoms with Gasteiger partial charge in [0.25, 0.3) is 15.9 Å². The molecule has 0 bridgehead atoms. The van der Waals surface area contributed by atoms with Gasteiger partial charge in [-0.15, -0.1) is 0 Å². The molecule has 1 atom stereocenters. The van der Waals surface area contributed by atoms with Crippen LogP contribution in [0.2, 0.25) is 0 Å². The van der Waals surface area contributed by atoms with Gasteiger partial charge in [0.05, 0.1) is 5.56 Å². The number of alkyl halides is 1. The van der Waals surface area contributed by atoms with E-state index in [4.69, 9.17) is 0 Å². The maximum Gasteiger partial charge on any atom is 0.269 e. The van der Waals surface area contributed by atoms with Gasteiger partial charge < -0.3 is 4.79 Å². The predicted octanol–water partition coefficient (Wildman–Crippen LogP) is 0.758. The number of aldehydes is 1. The highest BCUT2D eigenvalue weighted by atomic mass is 32.2. The number of hydrogen-bond acceptors (Lipinski definition) is 4. The zero-order valence-electron chi connectivity index (χ0n) is 9.24. The lowest BCUT2D eigenvalue weighted by Gasteiger charge is -2.14. The Bertz CT molecular complexity index is 599. The van der Waals surface area contributed by atoms with Crippen molar-refractivity contribution >= 4 is 22.2 Å². The third kappa shape index (κ3) is 1.90. The number of amides is 1. The Morgan fingerprint density at radius 1 is 1.33 bits per heavy atom. The molecule has 1 aromatic rings. The average molecular weight is 271 g/mol. The molecule has 1 unspecified atom stereocenters. The van der Waals surface area contributed by atoms with E-state index in [0.717, 1.165) is 0 Å². The lowest BCUT2D eigenvalue weighted by molar-refractivity contribution is -0.112. The summed E-state index contributed by atoms with van der Waals surface area (Å²) < 4.78 is 37.4. The minimum Gasteiger partial charge on any atom is -0.300 e. The molecule has 7 heteroatoms. The summed E-state index contributed by atoms with van der Waals surface area (Å²) in [5.41, 5.74) is 0.0824. The fourth-order valence-corrected chi connectivity index (χ4v) is 3.34. The van der Waals surface area contributed by atoms with Gasteiger partial charge >= 0.3 is 0 Å². The molecule has 1 amide bonds. The molecule has 2 rings (SSSR count). The quantitative estimate of drug-likeness (QED) is 0.758. The van der Waals surface area contributed by atoms with E-state index in [0.29, 0.717) is 4.31 Å². The van der Waals surface area contributed by atoms with E-state index < -0.39 is 22.1 Å². The molecular weight excluding hydrogens is 261 g/mol. The van der Waals surface area contributed by atoms with Crippen LogP contribution >= 0.6 is 0 Å². The van der Waals surface area contributed by atoms with Crippen molar-refractivity contribution in [3.05, 3.63) is 29.8 Å². The molecule has 1 heterocycles. The van der Waals surface area contributed by atoms with Gasteiger partial charge in [0.1, 0.15) is 4.90 Å². The normalized spacial score (nSPS) is 18.5. The molecule has 0 fully saturated rings. The van der Waals surface area contributed by atoms with Crippen LogP contribution in [-0.2, 0) is 14.8 Å². The molecule has 0 aliphatic carbocycles. The first-order chi connectivity index (χ1) is 8.48. The maximum absolute atomic E-state index is 12.8. The van der Waals surface area contributed by atoms with E-state index in [1.54, 1.807) is 6.07 Å². The third-order valence-electron chi connectivity index (χ3n) is 2.67. The minimum absolute atomic E-state index is 0.0727. The Morgan fingerprint density at radius 3 is 2.61 bits per heavy atom. The molecule has 1 aromatic carbocycles. The third-order valence-corrected chi connectivity index (χ3v) is 4.51. The van der Waals surface area contributed by atoms with E-state index in [1.807, 2.05) is 0 Å². The van der Waals surface area contributed by atoms with E-state index >= 15 is 0 Å². The number of fused-ring (bicyclic) bond motifs is 1. The number of halogens is 1. The van der Waals surface area contributed by atoms with Crippen molar-refractivity contribution in [3.8, 4) is 0 Å². The molecule has 1 aliphatic rings. The molecule has 1 aliphatic heterocycles. The van der Waals surface area contributed by atoms with Gasteiger partial charge in [0, 0.05) is 13.0 Å². The maximum atomic E-state index is 12.8. The van der Waals surface area contributed by atoms with Crippen LogP contribution in [0, 0.1) is 0 Å². The Morgan fingerprint density at radius 2 is 2.00 bits per heavy atom. The van der Waals surface area contributed by atoms with Crippen molar-refractivity contribution in [3.63, 3.8) is 0 Å². The number of nitrogens with zero attached hydrogens (tertiary/aromatic N) is 1. The molecular formula is C11H10FNO4S. The van der Waals surface area contributed by atoms with Gasteiger partial charge in [-0.2, -0.15) is 0 Å². The monoisotopic (exact) mass is 271 g/mol. The lowest BCUT2D eigenvalue weighted by atomic mass is 10.2. The van der Waals surface area contributed by atoms with E-state index in [1.165, 1.54) is 18.2 Å². The largest absolute Gasteiger partial charge is 0.300 e. The molecule has 0 saturated carbocycles. The summed E-state index contributed by atoms with van der Waals surface area (Å²) in [4.78, 5) is 21.9. The number of rotatable bonds is 4. The second kappa shape index (κ2) is 4.49. The van der Waals surface area contributed by atoms with E-state index in [9.17, 15) is 22.4 Å². The molecule has 0 radical (unpaired) electrons. The summed E-state index contributed by atoms with van der Waals surface area (Å²) in [7, 11) is -3.90. The highest BCUT2D eigenvalue weighted by molar-refractivity contribution is 7.90. The van der Waals surface area contributed by atoms with Crippen molar-refractivity contribution < 1.29 is 22.4 Å². The summed E-state index contributed by atoms with van der Waals surface area (Å²) >= 11 is 0. The van der Waals surface area contributed by atoms with Crippen LogP contribution in [0.4, 0.5) is 4.39 Å². The fourth-order valence-electron chi connectivity index (χ4n) is 1.76. The molecule has 0 N–H and O–H groups in total. The first kappa shape index (κ1) is 12.7. The Hall–Kier alpha value is -1.76. The van der Waals surface area contributed by atoms with Crippen molar-refractivity contribution in [2.75, 3.05) is 6.54 Å². The average Bonchev–Trinajstić information content (AvgIpc) is 2.56. The molecule has 18 heavy (non-hydrogen) atoms. The Kier molecular flexibility index (Phi) is 3.16. The number of benzene rings is 1. The molecule has 0 aromatic heterocycles. The number of sulfonamides is 1. The smallest absolute Gasteiger partial charge is 0.269 e. The fraction of sp³-hybridized carbons (Fsp3) is 0.273. The Balaban J connectivity index is 2.31. The number of hydrogen-bond donors (Lipinski definition) is 0. The first-order valence-electron chi connectivity index (χ1n) is 5.24. The molecule has 0 saturated heterocycles. The second-order valence-corrected chi connectivity index (χ2v) is 5.65. The van der Waals surface area contributed by atoms with Crippen molar-refractivity contribution in [1.29, 1.82) is 0 Å². The Labute approximate surface area is 103 Å². The van der Waals surface area contributed by atoms with Gasteiger partial charge in [0.15, 0.2) is 12.5 Å². The summed E-state index contributed by atoms with van der Waals surface area (Å²) in [5, 5.41) is 0. The standard InChI is InChI=1S/C11H10FNO4S/c12-8(7-14)5-6-13-11(15)9-3-1-2-4-10(9)18(13,16)17/h1-4,7-8H,5-6H2. The van der Waals surface area contributed by atoms with Gasteiger partial charge in [-0.05, 0) is 12.1 Å². The van der Waals surface area contributed by atoms with Crippen molar-refractivity contribution in [2.24, 2.45) is 0 Å². The van der Waals surface area contributed by atoms with Gasteiger partial charge in [0.2, 0.25) is 0 Å². The van der Waals surface area contributed by atoms with Crippen LogP contribution in [0.3, 0.4) is 0 Å². The van der Waals surface area contributed by atoms with Crippen LogP contribution in [0.25, 0.3) is 0 Å². The molecule has 5 nitrogen and oxygen atoms in total. The lowest BCUT2D eigenvalue weighted by Crippen LogP contribution is -2.32. The highest BCUT2D eigenvalue weighted by Crippen LogP contribution is 2.29. The predicted molar refractivity (Wildman–Crippen MR) is 60.2 cm³/mol. The van der Waals surface area contributed by atoms with Crippen LogP contribution in [0.15, 0.2) is 29.2 Å².